The van der Waals surface area contributed by atoms with Gasteiger partial charge in [-0.3, -0.25) is 8.42 Å². The molecule has 10 heteroatoms. The minimum absolute atomic E-state index is 0. The minimum atomic E-state index is -5.17. The molecule has 0 amide bonds. The van der Waals surface area contributed by atoms with Crippen LogP contribution in [-0.4, -0.2) is 22.7 Å². The van der Waals surface area contributed by atoms with Gasteiger partial charge in [0, 0.05) is 10.4 Å². The Morgan fingerprint density at radius 2 is 1.10 bits per heavy atom. The van der Waals surface area contributed by atoms with Crippen LogP contribution in [0.5, 0.6) is 0 Å². The molecule has 0 aromatic carbocycles. The van der Waals surface area contributed by atoms with Crippen molar-refractivity contribution in [3.05, 3.63) is 0 Å². The van der Waals surface area contributed by atoms with Crippen LogP contribution in [0.15, 0.2) is 0 Å². The topological polar surface area (TPSA) is 127 Å². The van der Waals surface area contributed by atoms with E-state index in [4.69, 9.17) is 22.7 Å². The summed E-state index contributed by atoms with van der Waals surface area (Å²) >= 11 is 0. The van der Waals surface area contributed by atoms with Crippen molar-refractivity contribution in [3.63, 3.8) is 0 Å². The van der Waals surface area contributed by atoms with E-state index < -0.39 is 10.4 Å². The van der Waals surface area contributed by atoms with Crippen molar-refractivity contribution < 1.29 is 81.8 Å². The van der Waals surface area contributed by atoms with Crippen LogP contribution in [0, 0.1) is 0 Å². The van der Waals surface area contributed by atoms with Crippen LogP contribution in [0.3, 0.4) is 0 Å². The first kappa shape index (κ1) is 29.6. The van der Waals surface area contributed by atoms with E-state index in [2.05, 4.69) is 5.90 Å². The molecular weight excluding hydrogens is 208 g/mol. The first-order chi connectivity index (χ1) is 3.00. The average molecular weight is 212 g/mol. The molecule has 0 bridgehead atoms. The Hall–Kier alpha value is 2.08. The van der Waals surface area contributed by atoms with Crippen molar-refractivity contribution in [3.8, 4) is 0 Å². The molecule has 54 valence electrons. The largest absolute Gasteiger partial charge is 1.00 e. The van der Waals surface area contributed by atoms with Gasteiger partial charge in [0.1, 0.15) is 0 Å². The van der Waals surface area contributed by atoms with Crippen molar-refractivity contribution in [2.45, 2.75) is 0 Å². The van der Waals surface area contributed by atoms with Gasteiger partial charge in [-0.05, 0) is 0 Å². The second kappa shape index (κ2) is 17.2. The summed E-state index contributed by atoms with van der Waals surface area (Å²) in [6, 6.07) is 0. The molecule has 0 spiro atoms. The Kier molecular flexibility index (Phi) is 51.0. The first-order valence-electron chi connectivity index (χ1n) is 0.925. The molecule has 6 nitrogen and oxygen atoms in total. The number of hydrogen-bond donors (Lipinski definition) is 2. The van der Waals surface area contributed by atoms with E-state index in [1.807, 2.05) is 0 Å². The molecular formula is H4ClNNa2O5S. The normalized spacial score (nSPS) is 6.40. The molecule has 0 aliphatic carbocycles. The predicted molar refractivity (Wildman–Crippen MR) is 23.7 cm³/mol. The first-order valence-corrected chi connectivity index (χ1v) is 2.26. The number of nitrogens with two attached hydrogens (primary N) is 1. The van der Waals surface area contributed by atoms with Crippen molar-refractivity contribution >= 4 is 22.8 Å². The van der Waals surface area contributed by atoms with E-state index in [1.54, 1.807) is 0 Å². The summed E-state index contributed by atoms with van der Waals surface area (Å²) in [5.74, 6) is 3.50. The monoisotopic (exact) mass is 211 g/mol. The standard InChI is InChI=1S/ClH.H3NO.2Na.H2O4S/c;1-2;;;1-5(2,3)4/h1H;2H,1H2;;;(H2,1,2,3,4)/q;;2*+1;/p-2. The van der Waals surface area contributed by atoms with Gasteiger partial charge in [-0.25, -0.2) is 5.90 Å². The molecule has 0 saturated carbocycles. The zero-order valence-electron chi connectivity index (χ0n) is 5.47. The molecule has 0 aliphatic rings. The molecule has 0 aromatic heterocycles. The van der Waals surface area contributed by atoms with Gasteiger partial charge in [-0.15, -0.1) is 12.4 Å². The van der Waals surface area contributed by atoms with Crippen LogP contribution in [0.25, 0.3) is 0 Å². The molecule has 0 aromatic rings. The molecule has 0 fully saturated rings. The Balaban J connectivity index is -0.0000000154. The summed E-state index contributed by atoms with van der Waals surface area (Å²) in [7, 11) is -5.17. The van der Waals surface area contributed by atoms with E-state index in [0.717, 1.165) is 0 Å². The SMILES string of the molecule is Cl.NO.O=S(=O)([O-])[O-].[Na+].[Na+]. The fraction of sp³-hybridized carbons (Fsp3) is 0. The van der Waals surface area contributed by atoms with Gasteiger partial charge in [-0.1, -0.05) is 0 Å². The third-order valence-electron chi connectivity index (χ3n) is 0. The van der Waals surface area contributed by atoms with Crippen LogP contribution < -0.4 is 65.0 Å². The maximum absolute atomic E-state index is 8.52. The van der Waals surface area contributed by atoms with Crippen molar-refractivity contribution in [2.24, 2.45) is 5.90 Å². The van der Waals surface area contributed by atoms with Gasteiger partial charge in [-0.2, -0.15) is 0 Å². The van der Waals surface area contributed by atoms with Gasteiger partial charge in [0.2, 0.25) is 0 Å². The van der Waals surface area contributed by atoms with Crippen molar-refractivity contribution in [1.82, 2.24) is 0 Å². The number of rotatable bonds is 0. The van der Waals surface area contributed by atoms with Crippen molar-refractivity contribution in [1.29, 1.82) is 0 Å². The summed E-state index contributed by atoms with van der Waals surface area (Å²) in [4.78, 5) is 0. The van der Waals surface area contributed by atoms with Gasteiger partial charge >= 0.3 is 59.1 Å². The summed E-state index contributed by atoms with van der Waals surface area (Å²) in [5, 5.41) is 6.50. The van der Waals surface area contributed by atoms with Crippen LogP contribution in [0.2, 0.25) is 0 Å². The zero-order chi connectivity index (χ0) is 6.50. The maximum Gasteiger partial charge on any atom is 1.00 e. The van der Waals surface area contributed by atoms with E-state index in [9.17, 15) is 0 Å². The van der Waals surface area contributed by atoms with Crippen molar-refractivity contribution in [2.75, 3.05) is 0 Å². The quantitative estimate of drug-likeness (QED) is 0.177. The molecule has 0 atom stereocenters. The fourth-order valence-corrected chi connectivity index (χ4v) is 0. The molecule has 10 heavy (non-hydrogen) atoms. The Bertz CT molecular complexity index is 103. The number of halogens is 1. The van der Waals surface area contributed by atoms with Gasteiger partial charge in [0.15, 0.2) is 0 Å². The molecule has 0 radical (unpaired) electrons. The maximum atomic E-state index is 8.52. The average Bonchev–Trinajstić information content (AvgIpc) is 1.36. The second-order valence-corrected chi connectivity index (χ2v) is 1.22. The van der Waals surface area contributed by atoms with E-state index >= 15 is 0 Å². The molecule has 0 unspecified atom stereocenters. The van der Waals surface area contributed by atoms with E-state index in [-0.39, 0.29) is 71.5 Å². The molecule has 0 saturated heterocycles. The van der Waals surface area contributed by atoms with Crippen LogP contribution in [-0.2, 0) is 10.4 Å². The third-order valence-corrected chi connectivity index (χ3v) is 0. The molecule has 0 heterocycles. The van der Waals surface area contributed by atoms with E-state index in [0.29, 0.717) is 0 Å². The fourth-order valence-electron chi connectivity index (χ4n) is 0. The van der Waals surface area contributed by atoms with Crippen LogP contribution in [0.4, 0.5) is 0 Å². The van der Waals surface area contributed by atoms with Gasteiger partial charge in [0.25, 0.3) is 0 Å². The zero-order valence-corrected chi connectivity index (χ0v) is 11.1. The molecule has 0 rings (SSSR count). The Morgan fingerprint density at radius 1 is 1.10 bits per heavy atom. The summed E-state index contributed by atoms with van der Waals surface area (Å²) in [6.07, 6.45) is 0. The van der Waals surface area contributed by atoms with Gasteiger partial charge in [0.05, 0.1) is 0 Å². The Morgan fingerprint density at radius 3 is 1.10 bits per heavy atom. The predicted octanol–water partition coefficient (Wildman–Crippen LogP) is -7.57. The summed E-state index contributed by atoms with van der Waals surface area (Å²) in [5.41, 5.74) is 0. The summed E-state index contributed by atoms with van der Waals surface area (Å²) in [6.45, 7) is 0. The van der Waals surface area contributed by atoms with Crippen LogP contribution >= 0.6 is 12.4 Å². The number of hydrogen-bond acceptors (Lipinski definition) is 6. The minimum Gasteiger partial charge on any atom is -0.759 e. The Labute approximate surface area is 109 Å². The molecule has 3 N–H and O–H groups in total. The van der Waals surface area contributed by atoms with Gasteiger partial charge < -0.3 is 14.3 Å². The smallest absolute Gasteiger partial charge is 0.759 e. The third kappa shape index (κ3) is 192. The molecule has 0 aliphatic heterocycles. The van der Waals surface area contributed by atoms with E-state index in [1.165, 1.54) is 0 Å². The summed E-state index contributed by atoms with van der Waals surface area (Å²) < 4.78 is 34.1. The second-order valence-electron chi connectivity index (χ2n) is 0.408. The van der Waals surface area contributed by atoms with Crippen LogP contribution in [0.1, 0.15) is 0 Å².